The van der Waals surface area contributed by atoms with E-state index in [1.54, 1.807) is 20.8 Å². The maximum Gasteiger partial charge on any atom is 0.332 e. The lowest BCUT2D eigenvalue weighted by atomic mass is 10.1. The summed E-state index contributed by atoms with van der Waals surface area (Å²) in [5.41, 5.74) is 4.01. The molecule has 0 aliphatic heterocycles. The van der Waals surface area contributed by atoms with Gasteiger partial charge in [0.2, 0.25) is 5.91 Å². The molecular weight excluding hydrogens is 453 g/mol. The van der Waals surface area contributed by atoms with Gasteiger partial charge in [-0.25, -0.2) is 0 Å². The standard InChI is InChI=1S/C26H46NO6P/c1-8-31-26(29)24(20-34(30,32-9-2)33-10-3)25(28)27-19-13-18-23(7)17-12-16-22(6)15-11-14-21(4)5/h14,16,18,24H,8-13,15,17,19-20H2,1-7H3,(H,27,28)/b22-16+,23-18+. The third kappa shape index (κ3) is 15.3. The van der Waals surface area contributed by atoms with E-state index in [0.717, 1.165) is 25.7 Å². The number of carbonyl (C=O) groups is 2. The molecule has 0 saturated carbocycles. The third-order valence-corrected chi connectivity index (χ3v) is 7.12. The highest BCUT2D eigenvalue weighted by molar-refractivity contribution is 7.53. The van der Waals surface area contributed by atoms with Crippen LogP contribution in [0.15, 0.2) is 34.9 Å². The minimum Gasteiger partial charge on any atom is -0.465 e. The zero-order valence-corrected chi connectivity index (χ0v) is 23.2. The molecule has 0 bridgehead atoms. The molecule has 0 aromatic rings. The highest BCUT2D eigenvalue weighted by Crippen LogP contribution is 2.49. The molecule has 0 aliphatic rings. The largest absolute Gasteiger partial charge is 0.465 e. The van der Waals surface area contributed by atoms with Crippen molar-refractivity contribution in [1.82, 2.24) is 5.32 Å². The Morgan fingerprint density at radius 2 is 1.35 bits per heavy atom. The highest BCUT2D eigenvalue weighted by atomic mass is 31.2. The van der Waals surface area contributed by atoms with Crippen LogP contribution in [0, 0.1) is 5.92 Å². The molecule has 1 unspecified atom stereocenters. The van der Waals surface area contributed by atoms with Gasteiger partial charge in [-0.05, 0) is 80.6 Å². The van der Waals surface area contributed by atoms with E-state index in [0.29, 0.717) is 13.0 Å². The van der Waals surface area contributed by atoms with Crippen LogP contribution in [0.5, 0.6) is 0 Å². The summed E-state index contributed by atoms with van der Waals surface area (Å²) in [5, 5.41) is 2.76. The van der Waals surface area contributed by atoms with Crippen LogP contribution in [0.3, 0.4) is 0 Å². The molecule has 0 rings (SSSR count). The summed E-state index contributed by atoms with van der Waals surface area (Å²) in [4.78, 5) is 25.0. The maximum atomic E-state index is 12.8. The normalized spacial score (nSPS) is 13.4. The molecule has 0 aromatic carbocycles. The highest BCUT2D eigenvalue weighted by Gasteiger charge is 2.37. The Kier molecular flexibility index (Phi) is 17.7. The molecule has 1 amide bonds. The van der Waals surface area contributed by atoms with Crippen LogP contribution in [-0.4, -0.2) is 44.4 Å². The number of nitrogens with one attached hydrogen (secondary N) is 1. The van der Waals surface area contributed by atoms with Crippen molar-refractivity contribution in [3.63, 3.8) is 0 Å². The minimum absolute atomic E-state index is 0.126. The van der Waals surface area contributed by atoms with Crippen LogP contribution >= 0.6 is 7.60 Å². The second kappa shape index (κ2) is 18.6. The maximum absolute atomic E-state index is 12.8. The van der Waals surface area contributed by atoms with Gasteiger partial charge in [0.25, 0.3) is 0 Å². The Labute approximate surface area is 206 Å². The lowest BCUT2D eigenvalue weighted by Crippen LogP contribution is -2.39. The van der Waals surface area contributed by atoms with Gasteiger partial charge in [0.05, 0.1) is 26.0 Å². The fourth-order valence-electron chi connectivity index (χ4n) is 3.24. The van der Waals surface area contributed by atoms with E-state index in [1.165, 1.54) is 16.7 Å². The van der Waals surface area contributed by atoms with E-state index in [1.807, 2.05) is 0 Å². The number of hydrogen-bond acceptors (Lipinski definition) is 6. The zero-order valence-electron chi connectivity index (χ0n) is 22.3. The van der Waals surface area contributed by atoms with Crippen LogP contribution in [0.25, 0.3) is 0 Å². The fraction of sp³-hybridized carbons (Fsp3) is 0.692. The van der Waals surface area contributed by atoms with Crippen molar-refractivity contribution in [1.29, 1.82) is 0 Å². The van der Waals surface area contributed by atoms with Crippen molar-refractivity contribution in [3.8, 4) is 0 Å². The first-order valence-corrected chi connectivity index (χ1v) is 14.1. The van der Waals surface area contributed by atoms with Crippen molar-refractivity contribution >= 4 is 19.5 Å². The molecule has 7 nitrogen and oxygen atoms in total. The summed E-state index contributed by atoms with van der Waals surface area (Å²) >= 11 is 0. The number of amides is 1. The number of allylic oxidation sites excluding steroid dienone is 5. The number of hydrogen-bond donors (Lipinski definition) is 1. The smallest absolute Gasteiger partial charge is 0.332 e. The molecule has 0 aliphatic carbocycles. The molecule has 0 saturated heterocycles. The van der Waals surface area contributed by atoms with Gasteiger partial charge >= 0.3 is 13.6 Å². The van der Waals surface area contributed by atoms with E-state index in [4.69, 9.17) is 13.8 Å². The van der Waals surface area contributed by atoms with Gasteiger partial charge < -0.3 is 19.1 Å². The molecule has 0 heterocycles. The minimum atomic E-state index is -3.58. The van der Waals surface area contributed by atoms with Crippen LogP contribution < -0.4 is 5.32 Å². The van der Waals surface area contributed by atoms with E-state index in [9.17, 15) is 14.2 Å². The summed E-state index contributed by atoms with van der Waals surface area (Å²) < 4.78 is 28.4. The molecule has 0 spiro atoms. The quantitative estimate of drug-likeness (QED) is 0.0776. The first-order valence-electron chi connectivity index (χ1n) is 12.4. The second-order valence-corrected chi connectivity index (χ2v) is 10.6. The number of esters is 1. The lowest BCUT2D eigenvalue weighted by Gasteiger charge is -2.21. The van der Waals surface area contributed by atoms with Gasteiger partial charge in [0, 0.05) is 6.54 Å². The van der Waals surface area contributed by atoms with Gasteiger partial charge in [-0.15, -0.1) is 0 Å². The topological polar surface area (TPSA) is 90.9 Å². The first-order chi connectivity index (χ1) is 16.1. The second-order valence-electron chi connectivity index (χ2n) is 8.47. The van der Waals surface area contributed by atoms with Crippen LogP contribution in [0.2, 0.25) is 0 Å². The van der Waals surface area contributed by atoms with Crippen molar-refractivity contribution in [2.75, 3.05) is 32.5 Å². The Hall–Kier alpha value is -1.69. The third-order valence-electron chi connectivity index (χ3n) is 5.00. The molecule has 196 valence electrons. The van der Waals surface area contributed by atoms with Crippen molar-refractivity contribution in [3.05, 3.63) is 34.9 Å². The summed E-state index contributed by atoms with van der Waals surface area (Å²) in [6.45, 7) is 14.3. The lowest BCUT2D eigenvalue weighted by molar-refractivity contribution is -0.151. The van der Waals surface area contributed by atoms with E-state index in [2.05, 4.69) is 51.2 Å². The molecule has 34 heavy (non-hydrogen) atoms. The summed E-state index contributed by atoms with van der Waals surface area (Å²) in [5.74, 6) is -2.49. The van der Waals surface area contributed by atoms with Crippen molar-refractivity contribution in [2.24, 2.45) is 5.92 Å². The van der Waals surface area contributed by atoms with Crippen LogP contribution in [-0.2, 0) is 27.9 Å². The summed E-state index contributed by atoms with van der Waals surface area (Å²) in [6, 6.07) is 0. The van der Waals surface area contributed by atoms with Crippen molar-refractivity contribution < 1.29 is 27.9 Å². The Bertz CT molecular complexity index is 742. The van der Waals surface area contributed by atoms with Gasteiger partial charge in [-0.3, -0.25) is 14.2 Å². The van der Waals surface area contributed by atoms with E-state index in [-0.39, 0.29) is 26.0 Å². The fourth-order valence-corrected chi connectivity index (χ4v) is 5.08. The first kappa shape index (κ1) is 32.3. The molecular formula is C26H46NO6P. The van der Waals surface area contributed by atoms with Crippen LogP contribution in [0.1, 0.15) is 80.6 Å². The number of ether oxygens (including phenoxy) is 1. The number of rotatable bonds is 18. The average molecular weight is 500 g/mol. The van der Waals surface area contributed by atoms with Gasteiger partial charge in [-0.2, -0.15) is 0 Å². The summed E-state index contributed by atoms with van der Waals surface area (Å²) in [6.07, 6.45) is 11.1. The SMILES string of the molecule is CCOC(=O)C(CP(=O)(OCC)OCC)C(=O)NCC/C=C(\C)CC/C=C(\C)CCC=C(C)C. The molecule has 0 fully saturated rings. The Morgan fingerprint density at radius 3 is 1.85 bits per heavy atom. The van der Waals surface area contributed by atoms with Crippen LogP contribution in [0.4, 0.5) is 0 Å². The molecule has 8 heteroatoms. The van der Waals surface area contributed by atoms with E-state index >= 15 is 0 Å². The molecule has 0 radical (unpaired) electrons. The Balaban J connectivity index is 4.74. The monoisotopic (exact) mass is 499 g/mol. The molecule has 1 N–H and O–H groups in total. The van der Waals surface area contributed by atoms with Gasteiger partial charge in [0.1, 0.15) is 5.92 Å². The van der Waals surface area contributed by atoms with Gasteiger partial charge in [-0.1, -0.05) is 34.9 Å². The van der Waals surface area contributed by atoms with Crippen molar-refractivity contribution in [2.45, 2.75) is 80.6 Å². The number of carbonyl (C=O) groups excluding carboxylic acids is 2. The Morgan fingerprint density at radius 1 is 0.824 bits per heavy atom. The predicted molar refractivity (Wildman–Crippen MR) is 139 cm³/mol. The van der Waals surface area contributed by atoms with Gasteiger partial charge in [0.15, 0.2) is 0 Å². The predicted octanol–water partition coefficient (Wildman–Crippen LogP) is 6.36. The molecule has 1 atom stereocenters. The summed E-state index contributed by atoms with van der Waals surface area (Å²) in [7, 11) is -3.58. The molecule has 0 aromatic heterocycles. The van der Waals surface area contributed by atoms with E-state index < -0.39 is 25.4 Å². The average Bonchev–Trinajstić information content (AvgIpc) is 2.75. The zero-order chi connectivity index (χ0) is 26.0.